The van der Waals surface area contributed by atoms with E-state index in [0.29, 0.717) is 29.4 Å². The summed E-state index contributed by atoms with van der Waals surface area (Å²) in [5.41, 5.74) is 2.05. The van der Waals surface area contributed by atoms with Crippen LogP contribution in [0.4, 0.5) is 5.69 Å². The lowest BCUT2D eigenvalue weighted by Crippen LogP contribution is -2.33. The number of anilines is 1. The Morgan fingerprint density at radius 3 is 2.83 bits per heavy atom. The number of hydrogen-bond donors (Lipinski definition) is 1. The summed E-state index contributed by atoms with van der Waals surface area (Å²) in [5.74, 6) is 0.900. The summed E-state index contributed by atoms with van der Waals surface area (Å²) in [6.45, 7) is 0.586. The molecule has 5 nitrogen and oxygen atoms in total. The molecule has 124 valence electrons. The average molecular weight is 390 g/mol. The molecule has 0 amide bonds. The minimum atomic E-state index is -0.436. The molecule has 0 aromatic heterocycles. The van der Waals surface area contributed by atoms with Gasteiger partial charge in [-0.25, -0.2) is 0 Å². The van der Waals surface area contributed by atoms with E-state index >= 15 is 0 Å². The monoisotopic (exact) mass is 389 g/mol. The van der Waals surface area contributed by atoms with E-state index in [9.17, 15) is 9.59 Å². The van der Waals surface area contributed by atoms with Crippen molar-refractivity contribution in [1.29, 1.82) is 0 Å². The lowest BCUT2D eigenvalue weighted by Gasteiger charge is -2.26. The molecular weight excluding hydrogens is 374 g/mol. The third kappa shape index (κ3) is 3.59. The van der Waals surface area contributed by atoms with E-state index in [1.807, 2.05) is 30.3 Å². The van der Waals surface area contributed by atoms with Crippen LogP contribution in [0, 0.1) is 0 Å². The van der Waals surface area contributed by atoms with E-state index in [2.05, 4.69) is 21.2 Å². The molecule has 0 aliphatic carbocycles. The number of ether oxygens (including phenoxy) is 2. The summed E-state index contributed by atoms with van der Waals surface area (Å²) in [6, 6.07) is 12.7. The van der Waals surface area contributed by atoms with Gasteiger partial charge in [0.25, 0.3) is 0 Å². The van der Waals surface area contributed by atoms with Gasteiger partial charge in [0.1, 0.15) is 31.3 Å². The summed E-state index contributed by atoms with van der Waals surface area (Å²) in [7, 11) is 0. The number of fused-ring (bicyclic) bond motifs is 1. The van der Waals surface area contributed by atoms with Crippen LogP contribution in [0.15, 0.2) is 42.5 Å². The molecule has 24 heavy (non-hydrogen) atoms. The van der Waals surface area contributed by atoms with Crippen LogP contribution in [0.25, 0.3) is 0 Å². The predicted molar refractivity (Wildman–Crippen MR) is 94.3 cm³/mol. The Labute approximate surface area is 148 Å². The predicted octanol–water partition coefficient (Wildman–Crippen LogP) is 3.22. The zero-order valence-electron chi connectivity index (χ0n) is 12.8. The molecule has 2 aromatic carbocycles. The van der Waals surface area contributed by atoms with Gasteiger partial charge in [0, 0.05) is 6.07 Å². The van der Waals surface area contributed by atoms with Gasteiger partial charge >= 0.3 is 0 Å². The summed E-state index contributed by atoms with van der Waals surface area (Å²) in [5, 5.41) is 3.25. The molecule has 1 atom stereocenters. The number of carbonyl (C=O) groups is 2. The standard InChI is InChI=1S/C18H16BrNO4/c19-8-17(22)15-6-14(23-10-12-4-2-1-3-5-12)7-16-18(15)24-11-13(9-21)20-16/h1-7,9,13,20H,8,10-11H2. The van der Waals surface area contributed by atoms with Gasteiger partial charge < -0.3 is 19.6 Å². The normalized spacial score (nSPS) is 15.6. The van der Waals surface area contributed by atoms with Crippen molar-refractivity contribution in [2.24, 2.45) is 0 Å². The molecule has 0 saturated carbocycles. The fourth-order valence-corrected chi connectivity index (χ4v) is 2.76. The highest BCUT2D eigenvalue weighted by Crippen LogP contribution is 2.37. The molecule has 6 heteroatoms. The van der Waals surface area contributed by atoms with Crippen LogP contribution in [0.2, 0.25) is 0 Å². The van der Waals surface area contributed by atoms with E-state index in [1.165, 1.54) is 0 Å². The Bertz CT molecular complexity index is 748. The maximum Gasteiger partial charge on any atom is 0.177 e. The summed E-state index contributed by atoms with van der Waals surface area (Å²) in [6.07, 6.45) is 0.784. The van der Waals surface area contributed by atoms with Crippen LogP contribution in [0.3, 0.4) is 0 Å². The first-order chi connectivity index (χ1) is 11.7. The maximum atomic E-state index is 12.2. The zero-order chi connectivity index (χ0) is 16.9. The number of rotatable bonds is 6. The Hall–Kier alpha value is -2.34. The van der Waals surface area contributed by atoms with Crippen molar-refractivity contribution in [2.45, 2.75) is 12.6 Å². The largest absolute Gasteiger partial charge is 0.489 e. The van der Waals surface area contributed by atoms with Crippen LogP contribution in [0.5, 0.6) is 11.5 Å². The van der Waals surface area contributed by atoms with Crippen LogP contribution in [0.1, 0.15) is 15.9 Å². The lowest BCUT2D eigenvalue weighted by molar-refractivity contribution is -0.109. The van der Waals surface area contributed by atoms with E-state index in [-0.39, 0.29) is 17.7 Å². The van der Waals surface area contributed by atoms with Crippen molar-refractivity contribution in [2.75, 3.05) is 17.3 Å². The molecule has 0 spiro atoms. The topological polar surface area (TPSA) is 64.6 Å². The number of Topliss-reactive ketones (excluding diaryl/α,β-unsaturated/α-hetero) is 1. The first kappa shape index (κ1) is 16.5. The molecule has 1 heterocycles. The first-order valence-corrected chi connectivity index (χ1v) is 8.62. The van der Waals surface area contributed by atoms with Crippen molar-refractivity contribution in [3.63, 3.8) is 0 Å². The molecule has 0 saturated heterocycles. The van der Waals surface area contributed by atoms with Crippen molar-refractivity contribution < 1.29 is 19.1 Å². The number of carbonyl (C=O) groups excluding carboxylic acids is 2. The SMILES string of the molecule is O=CC1COc2c(cc(OCc3ccccc3)cc2C(=O)CBr)N1. The maximum absolute atomic E-state index is 12.2. The number of benzene rings is 2. The van der Waals surface area contributed by atoms with E-state index in [1.54, 1.807) is 12.1 Å². The second-order valence-electron chi connectivity index (χ2n) is 5.38. The van der Waals surface area contributed by atoms with Crippen LogP contribution in [-0.4, -0.2) is 30.0 Å². The highest BCUT2D eigenvalue weighted by atomic mass is 79.9. The molecule has 1 unspecified atom stereocenters. The third-order valence-electron chi connectivity index (χ3n) is 3.64. The number of halogens is 1. The van der Waals surface area contributed by atoms with Crippen LogP contribution in [-0.2, 0) is 11.4 Å². The molecule has 1 aliphatic heterocycles. The van der Waals surface area contributed by atoms with Gasteiger partial charge in [0.15, 0.2) is 11.5 Å². The average Bonchev–Trinajstić information content (AvgIpc) is 2.65. The molecule has 1 N–H and O–H groups in total. The fraction of sp³-hybridized carbons (Fsp3) is 0.222. The zero-order valence-corrected chi connectivity index (χ0v) is 14.4. The highest BCUT2D eigenvalue weighted by molar-refractivity contribution is 9.09. The Kier molecular flexibility index (Phi) is 5.15. The number of nitrogens with one attached hydrogen (secondary N) is 1. The summed E-state index contributed by atoms with van der Waals surface area (Å²) < 4.78 is 11.4. The van der Waals surface area contributed by atoms with Crippen molar-refractivity contribution in [3.8, 4) is 11.5 Å². The van der Waals surface area contributed by atoms with Gasteiger partial charge in [0.2, 0.25) is 0 Å². The number of hydrogen-bond acceptors (Lipinski definition) is 5. The number of aldehydes is 1. The molecule has 0 radical (unpaired) electrons. The Morgan fingerprint density at radius 1 is 1.33 bits per heavy atom. The first-order valence-electron chi connectivity index (χ1n) is 7.50. The Balaban J connectivity index is 1.89. The summed E-state index contributed by atoms with van der Waals surface area (Å²) in [4.78, 5) is 23.2. The minimum Gasteiger partial charge on any atom is -0.489 e. The highest BCUT2D eigenvalue weighted by Gasteiger charge is 2.25. The molecule has 0 fully saturated rings. The fourth-order valence-electron chi connectivity index (χ4n) is 2.46. The van der Waals surface area contributed by atoms with E-state index in [4.69, 9.17) is 9.47 Å². The smallest absolute Gasteiger partial charge is 0.177 e. The minimum absolute atomic E-state index is 0.109. The molecule has 3 rings (SSSR count). The van der Waals surface area contributed by atoms with Gasteiger partial charge in [-0.05, 0) is 11.6 Å². The van der Waals surface area contributed by atoms with Gasteiger partial charge in [-0.1, -0.05) is 46.3 Å². The molecule has 0 bridgehead atoms. The van der Waals surface area contributed by atoms with Gasteiger partial charge in [-0.2, -0.15) is 0 Å². The van der Waals surface area contributed by atoms with Crippen molar-refractivity contribution in [1.82, 2.24) is 0 Å². The quantitative estimate of drug-likeness (QED) is 0.466. The van der Waals surface area contributed by atoms with Gasteiger partial charge in [0.05, 0.1) is 16.6 Å². The van der Waals surface area contributed by atoms with E-state index < -0.39 is 6.04 Å². The van der Waals surface area contributed by atoms with Crippen molar-refractivity contribution >= 4 is 33.7 Å². The summed E-state index contributed by atoms with van der Waals surface area (Å²) >= 11 is 3.18. The molecular formula is C18H16BrNO4. The Morgan fingerprint density at radius 2 is 2.12 bits per heavy atom. The van der Waals surface area contributed by atoms with Gasteiger partial charge in [-0.15, -0.1) is 0 Å². The molecule has 2 aromatic rings. The lowest BCUT2D eigenvalue weighted by atomic mass is 10.1. The third-order valence-corrected chi connectivity index (χ3v) is 4.15. The second-order valence-corrected chi connectivity index (χ2v) is 5.94. The van der Waals surface area contributed by atoms with E-state index in [0.717, 1.165) is 11.8 Å². The number of alkyl halides is 1. The molecule has 1 aliphatic rings. The van der Waals surface area contributed by atoms with Gasteiger partial charge in [-0.3, -0.25) is 4.79 Å². The van der Waals surface area contributed by atoms with Crippen LogP contribution < -0.4 is 14.8 Å². The number of ketones is 1. The second kappa shape index (κ2) is 7.49. The van der Waals surface area contributed by atoms with Crippen molar-refractivity contribution in [3.05, 3.63) is 53.6 Å². The van der Waals surface area contributed by atoms with Crippen LogP contribution >= 0.6 is 15.9 Å².